The second kappa shape index (κ2) is 10.1. The molecule has 2 aromatic carbocycles. The molecule has 11 heteroatoms. The molecule has 0 N–H and O–H groups in total. The Morgan fingerprint density at radius 3 is 2.00 bits per heavy atom. The molecule has 0 bridgehead atoms. The highest BCUT2D eigenvalue weighted by Crippen LogP contribution is 2.45. The number of nitrogens with zero attached hydrogens (tertiary/aromatic N) is 1. The maximum Gasteiger partial charge on any atom is 0.416 e. The Hall–Kier alpha value is -2.66. The van der Waals surface area contributed by atoms with Gasteiger partial charge in [0.15, 0.2) is 0 Å². The zero-order valence-corrected chi connectivity index (χ0v) is 19.1. The van der Waals surface area contributed by atoms with Crippen molar-refractivity contribution in [3.05, 3.63) is 70.5 Å². The first-order valence-electron chi connectivity index (χ1n) is 10.7. The summed E-state index contributed by atoms with van der Waals surface area (Å²) in [5.41, 5.74) is -2.61. The number of ether oxygens (including phenoxy) is 1. The van der Waals surface area contributed by atoms with E-state index in [1.165, 1.54) is 45.3 Å². The monoisotopic (exact) mass is 507 g/mol. The van der Waals surface area contributed by atoms with E-state index in [0.717, 1.165) is 5.06 Å². The largest absolute Gasteiger partial charge is 0.416 e. The highest BCUT2D eigenvalue weighted by Gasteiger charge is 2.44. The first-order chi connectivity index (χ1) is 16.2. The molecule has 1 fully saturated rings. The Morgan fingerprint density at radius 2 is 1.51 bits per heavy atom. The summed E-state index contributed by atoms with van der Waals surface area (Å²) in [7, 11) is 2.73. The van der Waals surface area contributed by atoms with Crippen LogP contribution in [0.2, 0.25) is 0 Å². The number of rotatable bonds is 6. The van der Waals surface area contributed by atoms with Gasteiger partial charge in [-0.3, -0.25) is 9.63 Å². The molecule has 0 unspecified atom stereocenters. The zero-order valence-electron chi connectivity index (χ0n) is 19.1. The molecule has 0 saturated heterocycles. The van der Waals surface area contributed by atoms with Gasteiger partial charge >= 0.3 is 12.4 Å². The summed E-state index contributed by atoms with van der Waals surface area (Å²) in [6, 6.07) is 6.68. The van der Waals surface area contributed by atoms with Crippen molar-refractivity contribution in [1.29, 1.82) is 0 Å². The number of benzene rings is 2. The van der Waals surface area contributed by atoms with Crippen molar-refractivity contribution in [2.45, 2.75) is 50.2 Å². The number of hydrogen-bond donors (Lipinski definition) is 0. The van der Waals surface area contributed by atoms with E-state index in [4.69, 9.17) is 9.57 Å². The Labute approximate surface area is 197 Å². The number of carbonyl (C=O) groups is 1. The van der Waals surface area contributed by atoms with E-state index in [0.29, 0.717) is 30.5 Å². The number of amides is 1. The molecular formula is C24H24F7NO3. The average Bonchev–Trinajstić information content (AvgIpc) is 3.20. The van der Waals surface area contributed by atoms with Gasteiger partial charge in [0.2, 0.25) is 5.91 Å². The van der Waals surface area contributed by atoms with Gasteiger partial charge in [0.05, 0.1) is 30.4 Å². The fourth-order valence-electron chi connectivity index (χ4n) is 4.40. The van der Waals surface area contributed by atoms with Crippen molar-refractivity contribution in [2.75, 3.05) is 14.2 Å². The van der Waals surface area contributed by atoms with Gasteiger partial charge in [-0.2, -0.15) is 26.3 Å². The lowest BCUT2D eigenvalue weighted by Gasteiger charge is -2.29. The number of hydrogen-bond acceptors (Lipinski definition) is 3. The fraction of sp³-hybridized carbons (Fsp3) is 0.458. The fourth-order valence-corrected chi connectivity index (χ4v) is 4.40. The summed E-state index contributed by atoms with van der Waals surface area (Å²) < 4.78 is 99.1. The van der Waals surface area contributed by atoms with Gasteiger partial charge in [-0.05, 0) is 61.2 Å². The summed E-state index contributed by atoms with van der Waals surface area (Å²) in [6.07, 6.45) is -11.2. The smallest absolute Gasteiger partial charge is 0.370 e. The summed E-state index contributed by atoms with van der Waals surface area (Å²) in [4.78, 5) is 17.8. The molecule has 2 aromatic rings. The Morgan fingerprint density at radius 1 is 0.971 bits per heavy atom. The second-order valence-corrected chi connectivity index (χ2v) is 8.44. The van der Waals surface area contributed by atoms with Gasteiger partial charge in [-0.25, -0.2) is 9.45 Å². The molecule has 35 heavy (non-hydrogen) atoms. The number of halogens is 7. The lowest BCUT2D eigenvalue weighted by atomic mass is 9.86. The summed E-state index contributed by atoms with van der Waals surface area (Å²) >= 11 is 0. The minimum atomic E-state index is -4.98. The third-order valence-electron chi connectivity index (χ3n) is 6.21. The molecule has 0 radical (unpaired) electrons. The maximum absolute atomic E-state index is 13.5. The van der Waals surface area contributed by atoms with Gasteiger partial charge in [-0.1, -0.05) is 12.1 Å². The van der Waals surface area contributed by atoms with Crippen LogP contribution in [0.15, 0.2) is 42.5 Å². The quantitative estimate of drug-likeness (QED) is 0.330. The van der Waals surface area contributed by atoms with Crippen LogP contribution in [-0.4, -0.2) is 31.2 Å². The van der Waals surface area contributed by atoms with Crippen LogP contribution in [-0.2, 0) is 26.7 Å². The zero-order chi connectivity index (χ0) is 26.1. The van der Waals surface area contributed by atoms with E-state index < -0.39 is 53.3 Å². The molecule has 192 valence electrons. The van der Waals surface area contributed by atoms with Crippen molar-refractivity contribution >= 4 is 5.91 Å². The number of alkyl halides is 6. The lowest BCUT2D eigenvalue weighted by Crippen LogP contribution is -2.35. The van der Waals surface area contributed by atoms with Crippen LogP contribution < -0.4 is 0 Å². The van der Waals surface area contributed by atoms with E-state index in [9.17, 15) is 35.5 Å². The molecule has 0 aliphatic heterocycles. The second-order valence-electron chi connectivity index (χ2n) is 8.44. The van der Waals surface area contributed by atoms with Crippen LogP contribution in [0.5, 0.6) is 0 Å². The molecule has 1 saturated carbocycles. The Bertz CT molecular complexity index is 1000. The van der Waals surface area contributed by atoms with Gasteiger partial charge in [0.1, 0.15) is 5.82 Å². The van der Waals surface area contributed by atoms with E-state index in [1.807, 2.05) is 0 Å². The van der Waals surface area contributed by atoms with Crippen LogP contribution in [0.1, 0.15) is 54.0 Å². The molecule has 1 aliphatic carbocycles. The molecule has 1 aliphatic rings. The minimum absolute atomic E-state index is 0.0579. The number of carbonyl (C=O) groups excluding carboxylic acids is 1. The Balaban J connectivity index is 1.95. The lowest BCUT2D eigenvalue weighted by molar-refractivity contribution is -0.174. The average molecular weight is 507 g/mol. The summed E-state index contributed by atoms with van der Waals surface area (Å²) in [5, 5.41) is 1.04. The van der Waals surface area contributed by atoms with Crippen LogP contribution in [0.25, 0.3) is 0 Å². The Kier molecular flexibility index (Phi) is 7.80. The van der Waals surface area contributed by atoms with Crippen LogP contribution in [0.4, 0.5) is 30.7 Å². The van der Waals surface area contributed by atoms with Crippen molar-refractivity contribution < 1.29 is 45.1 Å². The minimum Gasteiger partial charge on any atom is -0.370 e. The maximum atomic E-state index is 13.5. The molecule has 0 heterocycles. The third kappa shape index (κ3) is 6.13. The topological polar surface area (TPSA) is 38.8 Å². The molecule has 4 atom stereocenters. The van der Waals surface area contributed by atoms with Gasteiger partial charge < -0.3 is 4.74 Å². The van der Waals surface area contributed by atoms with Gasteiger partial charge in [0.25, 0.3) is 0 Å². The van der Waals surface area contributed by atoms with Crippen LogP contribution in [0.3, 0.4) is 0 Å². The van der Waals surface area contributed by atoms with Crippen LogP contribution >= 0.6 is 0 Å². The summed E-state index contributed by atoms with van der Waals surface area (Å²) in [5.74, 6) is -2.14. The van der Waals surface area contributed by atoms with Crippen molar-refractivity contribution in [3.63, 3.8) is 0 Å². The van der Waals surface area contributed by atoms with Gasteiger partial charge in [0, 0.05) is 18.9 Å². The predicted octanol–water partition coefficient (Wildman–Crippen LogP) is 6.52. The molecule has 1 amide bonds. The standard InChI is InChI=1S/C24H24F7NO3/c1-13(15-10-16(23(26,27)28)12-17(11-15)24(29,30)31)35-20-9-8-19(22(33)32(2)34-3)21(20)14-4-6-18(25)7-5-14/h4-7,10-13,19-21H,8-9H2,1-3H3/t13-,19-,20+,21+/m1/s1. The first kappa shape index (κ1) is 26.9. The van der Waals surface area contributed by atoms with E-state index in [-0.39, 0.29) is 17.5 Å². The number of hydroxylamine groups is 2. The van der Waals surface area contributed by atoms with E-state index in [1.54, 1.807) is 0 Å². The van der Waals surface area contributed by atoms with Crippen molar-refractivity contribution in [1.82, 2.24) is 5.06 Å². The highest BCUT2D eigenvalue weighted by molar-refractivity contribution is 5.79. The molecule has 0 spiro atoms. The predicted molar refractivity (Wildman–Crippen MR) is 111 cm³/mol. The van der Waals surface area contributed by atoms with Crippen LogP contribution in [0, 0.1) is 11.7 Å². The van der Waals surface area contributed by atoms with E-state index in [2.05, 4.69) is 0 Å². The van der Waals surface area contributed by atoms with E-state index >= 15 is 0 Å². The molecule has 4 nitrogen and oxygen atoms in total. The molecular weight excluding hydrogens is 483 g/mol. The highest BCUT2D eigenvalue weighted by atomic mass is 19.4. The first-order valence-corrected chi connectivity index (χ1v) is 10.7. The van der Waals surface area contributed by atoms with Crippen molar-refractivity contribution in [3.8, 4) is 0 Å². The van der Waals surface area contributed by atoms with Crippen molar-refractivity contribution in [2.24, 2.45) is 5.92 Å². The molecule has 3 rings (SSSR count). The SMILES string of the molecule is CON(C)C(=O)[C@@H]1CC[C@H](O[C@H](C)c2cc(C(F)(F)F)cc(C(F)(F)F)c2)[C@H]1c1ccc(F)cc1. The third-order valence-corrected chi connectivity index (χ3v) is 6.21. The normalized spacial score (nSPS) is 21.7. The van der Waals surface area contributed by atoms with Gasteiger partial charge in [-0.15, -0.1) is 0 Å². The molecule has 0 aromatic heterocycles. The summed E-state index contributed by atoms with van der Waals surface area (Å²) in [6.45, 7) is 1.35.